The van der Waals surface area contributed by atoms with Gasteiger partial charge in [0.15, 0.2) is 0 Å². The van der Waals surface area contributed by atoms with Crippen molar-refractivity contribution in [1.29, 1.82) is 0 Å². The molecule has 0 aliphatic carbocycles. The van der Waals surface area contributed by atoms with Gasteiger partial charge in [0, 0.05) is 12.8 Å². The molecule has 15 nitrogen and oxygen atoms in total. The van der Waals surface area contributed by atoms with Crippen LogP contribution in [0.1, 0.15) is 12.8 Å². The third-order valence-corrected chi connectivity index (χ3v) is 5.18. The van der Waals surface area contributed by atoms with E-state index < -0.39 is 98.4 Å². The molecule has 180 valence electrons. The van der Waals surface area contributed by atoms with Crippen LogP contribution in [0.3, 0.4) is 0 Å². The predicted molar refractivity (Wildman–Crippen MR) is 91.0 cm³/mol. The highest BCUT2D eigenvalue weighted by Crippen LogP contribution is 2.34. The molecule has 31 heavy (non-hydrogen) atoms. The largest absolute Gasteiger partial charge is 0.477 e. The van der Waals surface area contributed by atoms with E-state index in [0.29, 0.717) is 0 Å². The number of carboxylic acid groups (broad SMARTS) is 2. The Balaban J connectivity index is 2.19. The van der Waals surface area contributed by atoms with E-state index in [1.54, 1.807) is 0 Å². The summed E-state index contributed by atoms with van der Waals surface area (Å²) >= 11 is 0. The fraction of sp³-hybridized carbons (Fsp3) is 0.875. The van der Waals surface area contributed by atoms with Crippen LogP contribution in [0.4, 0.5) is 0 Å². The quantitative estimate of drug-likeness (QED) is 0.162. The van der Waals surface area contributed by atoms with Gasteiger partial charge in [-0.1, -0.05) is 0 Å². The lowest BCUT2D eigenvalue weighted by atomic mass is 9.92. The molecule has 2 fully saturated rings. The van der Waals surface area contributed by atoms with Crippen molar-refractivity contribution in [2.24, 2.45) is 0 Å². The fourth-order valence-electron chi connectivity index (χ4n) is 3.38. The summed E-state index contributed by atoms with van der Waals surface area (Å²) in [6, 6.07) is 0. The first-order valence-corrected chi connectivity index (χ1v) is 9.16. The minimum Gasteiger partial charge on any atom is -0.477 e. The number of ether oxygens (including phenoxy) is 3. The molecule has 2 heterocycles. The molecule has 2 aliphatic rings. The van der Waals surface area contributed by atoms with Crippen molar-refractivity contribution in [3.05, 3.63) is 0 Å². The third kappa shape index (κ3) is 5.12. The van der Waals surface area contributed by atoms with Crippen molar-refractivity contribution in [3.8, 4) is 0 Å². The van der Waals surface area contributed by atoms with E-state index >= 15 is 0 Å². The molecule has 0 amide bonds. The molecular formula is C16H26O15. The fourth-order valence-corrected chi connectivity index (χ4v) is 3.38. The SMILES string of the molecule is O=C(O)[C@@]1(OC[C@@H](O)[C@H]2O[C@@](O)(C(=O)O)C[C@@H](O)[C@H]2O)C[C@@H](O)[C@@H](O)[C@@H]([C@H](O)CO)O1. The van der Waals surface area contributed by atoms with Crippen LogP contribution >= 0.6 is 0 Å². The number of carboxylic acids is 2. The number of rotatable bonds is 8. The van der Waals surface area contributed by atoms with Gasteiger partial charge in [-0.3, -0.25) is 0 Å². The number of carbonyl (C=O) groups is 2. The summed E-state index contributed by atoms with van der Waals surface area (Å²) in [5.41, 5.74) is 0. The van der Waals surface area contributed by atoms with E-state index in [1.807, 2.05) is 0 Å². The van der Waals surface area contributed by atoms with Crippen molar-refractivity contribution in [3.63, 3.8) is 0 Å². The van der Waals surface area contributed by atoms with Crippen LogP contribution in [0.15, 0.2) is 0 Å². The summed E-state index contributed by atoms with van der Waals surface area (Å²) in [6.07, 6.45) is -16.6. The molecule has 0 saturated carbocycles. The zero-order valence-electron chi connectivity index (χ0n) is 16.0. The van der Waals surface area contributed by atoms with Crippen LogP contribution in [0.5, 0.6) is 0 Å². The van der Waals surface area contributed by atoms with Crippen LogP contribution in [0.25, 0.3) is 0 Å². The van der Waals surface area contributed by atoms with E-state index in [4.69, 9.17) is 24.4 Å². The van der Waals surface area contributed by atoms with E-state index in [1.165, 1.54) is 0 Å². The van der Waals surface area contributed by atoms with E-state index in [-0.39, 0.29) is 0 Å². The topological polar surface area (TPSA) is 264 Å². The van der Waals surface area contributed by atoms with Crippen molar-refractivity contribution in [2.75, 3.05) is 13.2 Å². The molecule has 10 N–H and O–H groups in total. The second-order valence-corrected chi connectivity index (χ2v) is 7.46. The number of aliphatic hydroxyl groups excluding tert-OH is 7. The summed E-state index contributed by atoms with van der Waals surface area (Å²) < 4.78 is 14.9. The highest BCUT2D eigenvalue weighted by atomic mass is 16.7. The van der Waals surface area contributed by atoms with Crippen LogP contribution in [-0.4, -0.2) is 137 Å². The van der Waals surface area contributed by atoms with Gasteiger partial charge < -0.3 is 65.3 Å². The van der Waals surface area contributed by atoms with Crippen LogP contribution < -0.4 is 0 Å². The second-order valence-electron chi connectivity index (χ2n) is 7.46. The lowest BCUT2D eigenvalue weighted by Crippen LogP contribution is -2.64. The number of hydrogen-bond donors (Lipinski definition) is 10. The molecule has 2 saturated heterocycles. The molecule has 0 aromatic carbocycles. The third-order valence-electron chi connectivity index (χ3n) is 5.18. The maximum atomic E-state index is 11.8. The molecule has 15 heteroatoms. The summed E-state index contributed by atoms with van der Waals surface area (Å²) in [5, 5.41) is 97.2. The van der Waals surface area contributed by atoms with Gasteiger partial charge in [-0.05, 0) is 0 Å². The van der Waals surface area contributed by atoms with Crippen LogP contribution in [0.2, 0.25) is 0 Å². The first-order valence-electron chi connectivity index (χ1n) is 9.16. The second kappa shape index (κ2) is 9.55. The predicted octanol–water partition coefficient (Wildman–Crippen LogP) is -5.71. The Hall–Kier alpha value is -1.50. The Morgan fingerprint density at radius 2 is 1.42 bits per heavy atom. The highest BCUT2D eigenvalue weighted by Gasteiger charge is 2.56. The van der Waals surface area contributed by atoms with Crippen molar-refractivity contribution in [2.45, 2.75) is 73.2 Å². The molecular weight excluding hydrogens is 432 g/mol. The van der Waals surface area contributed by atoms with Crippen molar-refractivity contribution < 1.29 is 74.9 Å². The smallest absolute Gasteiger partial charge is 0.364 e. The molecule has 0 unspecified atom stereocenters. The Morgan fingerprint density at radius 1 is 0.903 bits per heavy atom. The van der Waals surface area contributed by atoms with E-state index in [2.05, 4.69) is 0 Å². The molecule has 10 atom stereocenters. The monoisotopic (exact) mass is 458 g/mol. The van der Waals surface area contributed by atoms with Gasteiger partial charge in [0.2, 0.25) is 0 Å². The summed E-state index contributed by atoms with van der Waals surface area (Å²) in [5.74, 6) is -9.44. The van der Waals surface area contributed by atoms with Crippen molar-refractivity contribution >= 4 is 11.9 Å². The minimum absolute atomic E-state index is 0.874. The highest BCUT2D eigenvalue weighted by molar-refractivity contribution is 5.76. The summed E-state index contributed by atoms with van der Waals surface area (Å²) in [7, 11) is 0. The minimum atomic E-state index is -2.95. The molecule has 2 rings (SSSR count). The van der Waals surface area contributed by atoms with Gasteiger partial charge in [0.05, 0.1) is 25.4 Å². The van der Waals surface area contributed by atoms with Crippen LogP contribution in [0, 0.1) is 0 Å². The normalized spacial score (nSPS) is 43.2. The average molecular weight is 458 g/mol. The summed E-state index contributed by atoms with van der Waals surface area (Å²) in [6.45, 7) is -2.00. The zero-order valence-corrected chi connectivity index (χ0v) is 16.0. The number of hydrogen-bond acceptors (Lipinski definition) is 13. The van der Waals surface area contributed by atoms with Gasteiger partial charge in [-0.15, -0.1) is 0 Å². The molecule has 0 aromatic heterocycles. The molecule has 0 aromatic rings. The Labute approximate surface area is 174 Å². The average Bonchev–Trinajstić information content (AvgIpc) is 2.70. The zero-order chi connectivity index (χ0) is 23.7. The lowest BCUT2D eigenvalue weighted by molar-refractivity contribution is -0.338. The Bertz CT molecular complexity index is 659. The first kappa shape index (κ1) is 25.8. The molecule has 0 bridgehead atoms. The molecule has 2 aliphatic heterocycles. The first-order chi connectivity index (χ1) is 14.3. The summed E-state index contributed by atoms with van der Waals surface area (Å²) in [4.78, 5) is 22.9. The van der Waals surface area contributed by atoms with E-state index in [9.17, 15) is 50.4 Å². The van der Waals surface area contributed by atoms with Gasteiger partial charge in [0.1, 0.15) is 36.6 Å². The number of aliphatic carboxylic acids is 2. The van der Waals surface area contributed by atoms with Crippen LogP contribution in [-0.2, 0) is 23.8 Å². The van der Waals surface area contributed by atoms with Gasteiger partial charge >= 0.3 is 11.9 Å². The molecule has 0 radical (unpaired) electrons. The Kier molecular flexibility index (Phi) is 7.94. The van der Waals surface area contributed by atoms with Gasteiger partial charge in [-0.2, -0.15) is 0 Å². The standard InChI is InChI=1S/C16H26O15/c17-3-7(20)11-10(23)6(19)2-16(31-11,14(26)27)29-4-8(21)12-9(22)5(18)1-15(28,30-12)13(24)25/h5-12,17-23,28H,1-4H2,(H,24,25)(H,26,27)/t5-,6-,7-,8-,9-,10-,11-,12-,15-,16-/m1/s1. The lowest BCUT2D eigenvalue weighted by Gasteiger charge is -2.45. The maximum Gasteiger partial charge on any atom is 0.364 e. The molecule has 0 spiro atoms. The van der Waals surface area contributed by atoms with Crippen molar-refractivity contribution in [1.82, 2.24) is 0 Å². The maximum absolute atomic E-state index is 11.8. The number of aliphatic hydroxyl groups is 8. The van der Waals surface area contributed by atoms with E-state index in [0.717, 1.165) is 0 Å². The van der Waals surface area contributed by atoms with Gasteiger partial charge in [-0.25, -0.2) is 9.59 Å². The van der Waals surface area contributed by atoms with Gasteiger partial charge in [0.25, 0.3) is 11.6 Å². The Morgan fingerprint density at radius 3 is 1.90 bits per heavy atom.